The summed E-state index contributed by atoms with van der Waals surface area (Å²) in [7, 11) is 0. The van der Waals surface area contributed by atoms with Crippen LogP contribution in [0.4, 0.5) is 27.7 Å². The van der Waals surface area contributed by atoms with Crippen LogP contribution in [0, 0.1) is 12.7 Å². The molecule has 0 fully saturated rings. The van der Waals surface area contributed by atoms with Gasteiger partial charge in [-0.1, -0.05) is 36.4 Å². The highest BCUT2D eigenvalue weighted by molar-refractivity contribution is 5.99. The Balaban J connectivity index is 1.76. The molecule has 0 saturated heterocycles. The molecule has 2 aromatic heterocycles. The molecule has 0 aliphatic heterocycles. The van der Waals surface area contributed by atoms with Crippen molar-refractivity contribution in [3.8, 4) is 11.1 Å². The number of halogens is 1. The van der Waals surface area contributed by atoms with E-state index in [1.165, 1.54) is 12.1 Å². The number of pyridine rings is 1. The molecule has 0 amide bonds. The van der Waals surface area contributed by atoms with E-state index in [9.17, 15) is 4.39 Å². The molecule has 2 aromatic carbocycles. The van der Waals surface area contributed by atoms with Gasteiger partial charge in [0, 0.05) is 30.2 Å². The summed E-state index contributed by atoms with van der Waals surface area (Å²) in [5, 5.41) is 20.0. The van der Waals surface area contributed by atoms with E-state index in [0.717, 1.165) is 22.4 Å². The minimum Gasteiger partial charge on any atom is -0.394 e. The number of aromatic nitrogens is 3. The van der Waals surface area contributed by atoms with Crippen LogP contribution in [0.1, 0.15) is 18.1 Å². The van der Waals surface area contributed by atoms with Crippen molar-refractivity contribution in [2.24, 2.45) is 5.10 Å². The van der Waals surface area contributed by atoms with E-state index in [-0.39, 0.29) is 25.0 Å². The first-order valence-corrected chi connectivity index (χ1v) is 12.2. The fraction of sp³-hybridized carbons (Fsp3) is 0.214. The van der Waals surface area contributed by atoms with Crippen LogP contribution in [-0.2, 0) is 4.74 Å². The zero-order valence-electron chi connectivity index (χ0n) is 21.3. The molecule has 0 radical (unpaired) electrons. The molecule has 38 heavy (non-hydrogen) atoms. The molecule has 4 aromatic rings. The minimum atomic E-state index is -0.366. The zero-order chi connectivity index (χ0) is 26.7. The second kappa shape index (κ2) is 13.2. The molecule has 0 aliphatic rings. The Morgan fingerprint density at radius 1 is 1.00 bits per heavy atom. The fourth-order valence-corrected chi connectivity index (χ4v) is 3.66. The number of nitrogens with zero attached hydrogens (tertiary/aromatic N) is 4. The average Bonchev–Trinajstić information content (AvgIpc) is 2.94. The van der Waals surface area contributed by atoms with Crippen LogP contribution in [0.5, 0.6) is 0 Å². The van der Waals surface area contributed by atoms with E-state index in [0.29, 0.717) is 36.0 Å². The average molecular weight is 516 g/mol. The van der Waals surface area contributed by atoms with Gasteiger partial charge in [-0.15, -0.1) is 0 Å². The Bertz CT molecular complexity index is 1370. The maximum absolute atomic E-state index is 14.0. The summed E-state index contributed by atoms with van der Waals surface area (Å²) in [6.07, 6.45) is 3.41. The fourth-order valence-electron chi connectivity index (χ4n) is 3.66. The van der Waals surface area contributed by atoms with Gasteiger partial charge in [-0.3, -0.25) is 10.4 Å². The number of hydrazone groups is 1. The lowest BCUT2D eigenvalue weighted by Gasteiger charge is -2.18. The lowest BCUT2D eigenvalue weighted by Crippen LogP contribution is -2.15. The maximum atomic E-state index is 14.0. The Morgan fingerprint density at radius 3 is 2.53 bits per heavy atom. The number of aryl methyl sites for hydroxylation is 1. The van der Waals surface area contributed by atoms with Crippen LogP contribution in [0.25, 0.3) is 11.1 Å². The van der Waals surface area contributed by atoms with Gasteiger partial charge in [-0.25, -0.2) is 4.39 Å². The second-order valence-electron chi connectivity index (χ2n) is 8.38. The molecule has 0 saturated carbocycles. The van der Waals surface area contributed by atoms with Gasteiger partial charge in [0.15, 0.2) is 5.82 Å². The van der Waals surface area contributed by atoms with Crippen LogP contribution in [-0.4, -0.2) is 52.1 Å². The van der Waals surface area contributed by atoms with Crippen molar-refractivity contribution in [1.82, 2.24) is 15.0 Å². The van der Waals surface area contributed by atoms with Gasteiger partial charge in [0.25, 0.3) is 0 Å². The molecule has 0 unspecified atom stereocenters. The van der Waals surface area contributed by atoms with Crippen molar-refractivity contribution in [3.63, 3.8) is 0 Å². The van der Waals surface area contributed by atoms with Gasteiger partial charge >= 0.3 is 0 Å². The number of ether oxygens (including phenoxy) is 1. The number of aliphatic hydroxyl groups excluding tert-OH is 1. The van der Waals surface area contributed by atoms with Crippen molar-refractivity contribution in [2.75, 3.05) is 42.4 Å². The van der Waals surface area contributed by atoms with Gasteiger partial charge in [0.05, 0.1) is 31.1 Å². The summed E-state index contributed by atoms with van der Waals surface area (Å²) in [6.45, 7) is 4.77. The molecule has 0 bridgehead atoms. The summed E-state index contributed by atoms with van der Waals surface area (Å²) >= 11 is 0. The van der Waals surface area contributed by atoms with Crippen molar-refractivity contribution < 1.29 is 14.2 Å². The normalized spacial score (nSPS) is 11.3. The summed E-state index contributed by atoms with van der Waals surface area (Å²) in [5.74, 6) is 0.885. The number of rotatable bonds is 12. The topological polar surface area (TPSA) is 117 Å². The number of aliphatic hydroxyl groups is 1. The van der Waals surface area contributed by atoms with Crippen LogP contribution >= 0.6 is 0 Å². The van der Waals surface area contributed by atoms with Gasteiger partial charge in [0.1, 0.15) is 11.6 Å². The lowest BCUT2D eigenvalue weighted by molar-refractivity contribution is 0.0992. The molecule has 0 aliphatic carbocycles. The standard InChI is InChI=1S/C28H30FN7O2/c1-19-8-9-23(29)18-24(19)32-28-33-26(31-14-16-38-17-15-37)25(22-6-4-3-5-7-22)27(34-28)36-35-20(2)21-10-12-30-13-11-21/h3-13,18,37H,14-17H2,1-2H3,(H3,31,32,33,34,36). The Morgan fingerprint density at radius 2 is 1.76 bits per heavy atom. The van der Waals surface area contributed by atoms with Gasteiger partial charge in [0.2, 0.25) is 5.95 Å². The van der Waals surface area contributed by atoms with E-state index < -0.39 is 0 Å². The number of anilines is 4. The largest absolute Gasteiger partial charge is 0.394 e. The van der Waals surface area contributed by atoms with Crippen LogP contribution in [0.2, 0.25) is 0 Å². The van der Waals surface area contributed by atoms with Crippen LogP contribution < -0.4 is 16.1 Å². The van der Waals surface area contributed by atoms with Crippen molar-refractivity contribution in [1.29, 1.82) is 0 Å². The third-order valence-electron chi connectivity index (χ3n) is 5.62. The number of hydrogen-bond donors (Lipinski definition) is 4. The van der Waals surface area contributed by atoms with Crippen molar-refractivity contribution in [3.05, 3.63) is 90.0 Å². The number of benzene rings is 2. The highest BCUT2D eigenvalue weighted by atomic mass is 19.1. The zero-order valence-corrected chi connectivity index (χ0v) is 21.3. The molecular formula is C28H30FN7O2. The summed E-state index contributed by atoms with van der Waals surface area (Å²) < 4.78 is 19.4. The second-order valence-corrected chi connectivity index (χ2v) is 8.38. The third kappa shape index (κ3) is 7.09. The summed E-state index contributed by atoms with van der Waals surface area (Å²) in [6, 6.07) is 18.0. The van der Waals surface area contributed by atoms with E-state index in [2.05, 4.69) is 26.1 Å². The van der Waals surface area contributed by atoms with E-state index >= 15 is 0 Å². The number of nitrogens with one attached hydrogen (secondary N) is 3. The Hall–Kier alpha value is -4.41. The van der Waals surface area contributed by atoms with Crippen LogP contribution in [0.15, 0.2) is 78.2 Å². The first-order chi connectivity index (χ1) is 18.5. The number of hydrogen-bond acceptors (Lipinski definition) is 9. The highest BCUT2D eigenvalue weighted by Gasteiger charge is 2.17. The molecule has 10 heteroatoms. The van der Waals surface area contributed by atoms with Crippen LogP contribution in [0.3, 0.4) is 0 Å². The monoisotopic (exact) mass is 515 g/mol. The third-order valence-corrected chi connectivity index (χ3v) is 5.62. The van der Waals surface area contributed by atoms with Gasteiger partial charge in [-0.2, -0.15) is 15.1 Å². The summed E-state index contributed by atoms with van der Waals surface area (Å²) in [5.41, 5.74) is 7.75. The first-order valence-electron chi connectivity index (χ1n) is 12.2. The summed E-state index contributed by atoms with van der Waals surface area (Å²) in [4.78, 5) is 13.5. The van der Waals surface area contributed by atoms with E-state index in [1.807, 2.05) is 56.3 Å². The van der Waals surface area contributed by atoms with E-state index in [4.69, 9.17) is 19.8 Å². The Labute approximate surface area is 220 Å². The first kappa shape index (κ1) is 26.6. The minimum absolute atomic E-state index is 0.0489. The molecule has 2 heterocycles. The predicted octanol–water partition coefficient (Wildman–Crippen LogP) is 4.99. The van der Waals surface area contributed by atoms with Crippen molar-refractivity contribution in [2.45, 2.75) is 13.8 Å². The molecule has 0 spiro atoms. The molecule has 4 rings (SSSR count). The SMILES string of the molecule is CC(=NNc1nc(Nc2cc(F)ccc2C)nc(NCCOCCO)c1-c1ccccc1)c1ccncc1. The van der Waals surface area contributed by atoms with Crippen molar-refractivity contribution >= 4 is 29.0 Å². The van der Waals surface area contributed by atoms with Gasteiger partial charge in [-0.05, 0) is 49.2 Å². The predicted molar refractivity (Wildman–Crippen MR) is 148 cm³/mol. The Kier molecular flexibility index (Phi) is 9.27. The molecule has 9 nitrogen and oxygen atoms in total. The molecule has 4 N–H and O–H groups in total. The van der Waals surface area contributed by atoms with Gasteiger partial charge < -0.3 is 20.5 Å². The smallest absolute Gasteiger partial charge is 0.231 e. The molecule has 196 valence electrons. The lowest BCUT2D eigenvalue weighted by atomic mass is 10.1. The maximum Gasteiger partial charge on any atom is 0.231 e. The molecule has 0 atom stereocenters. The highest BCUT2D eigenvalue weighted by Crippen LogP contribution is 2.35. The quantitative estimate of drug-likeness (QED) is 0.119. The van der Waals surface area contributed by atoms with E-state index in [1.54, 1.807) is 18.5 Å². The molecular weight excluding hydrogens is 485 g/mol.